The topological polar surface area (TPSA) is 66.4 Å². The fraction of sp³-hybridized carbons (Fsp3) is 0.333. The lowest BCUT2D eigenvalue weighted by Crippen LogP contribution is -2.38. The van der Waals surface area contributed by atoms with Crippen LogP contribution in [0.4, 0.5) is 10.5 Å². The molecule has 1 aromatic heterocycles. The summed E-state index contributed by atoms with van der Waals surface area (Å²) in [5.41, 5.74) is 2.99. The summed E-state index contributed by atoms with van der Waals surface area (Å²) in [6, 6.07) is 17.6. The number of anilines is 1. The highest BCUT2D eigenvalue weighted by Gasteiger charge is 2.10. The van der Waals surface area contributed by atoms with E-state index in [0.717, 1.165) is 28.7 Å². The molecule has 158 valence electrons. The first-order valence-electron chi connectivity index (χ1n) is 10.3. The molecule has 6 nitrogen and oxygen atoms in total. The number of nitrogens with one attached hydrogen (secondary N) is 2. The molecule has 0 saturated heterocycles. The van der Waals surface area contributed by atoms with Gasteiger partial charge in [-0.3, -0.25) is 4.79 Å². The van der Waals surface area contributed by atoms with Crippen molar-refractivity contribution in [3.63, 3.8) is 0 Å². The molecule has 2 N–H and O–H groups in total. The monoisotopic (exact) mass is 406 g/mol. The molecule has 0 aliphatic rings. The lowest BCUT2D eigenvalue weighted by atomic mass is 10.2. The summed E-state index contributed by atoms with van der Waals surface area (Å²) < 4.78 is 2.23. The standard InChI is InChI=1S/C24H30N4O2/c1-18(2)16-28-14-12-20-15-21(9-10-22(20)28)26-23(29)11-13-25-24(30)27(3)17-19-7-5-4-6-8-19/h4-10,12,14-15,18H,11,13,16-17H2,1-3H3,(H,25,30)(H,26,29). The molecular weight excluding hydrogens is 376 g/mol. The van der Waals surface area contributed by atoms with Crippen LogP contribution in [0.3, 0.4) is 0 Å². The van der Waals surface area contributed by atoms with E-state index in [9.17, 15) is 9.59 Å². The SMILES string of the molecule is CC(C)Cn1ccc2cc(NC(=O)CCNC(=O)N(C)Cc3ccccc3)ccc21. The van der Waals surface area contributed by atoms with E-state index in [1.165, 1.54) is 0 Å². The van der Waals surface area contributed by atoms with Crippen molar-refractivity contribution < 1.29 is 9.59 Å². The van der Waals surface area contributed by atoms with Gasteiger partial charge in [0.25, 0.3) is 0 Å². The zero-order chi connectivity index (χ0) is 21.5. The Hall–Kier alpha value is -3.28. The first-order chi connectivity index (χ1) is 14.4. The minimum absolute atomic E-state index is 0.123. The zero-order valence-electron chi connectivity index (χ0n) is 17.9. The second-order valence-corrected chi connectivity index (χ2v) is 8.01. The molecule has 0 saturated carbocycles. The first kappa shape index (κ1) is 21.4. The van der Waals surface area contributed by atoms with Crippen LogP contribution < -0.4 is 10.6 Å². The molecule has 3 amide bonds. The lowest BCUT2D eigenvalue weighted by Gasteiger charge is -2.18. The van der Waals surface area contributed by atoms with Gasteiger partial charge < -0.3 is 20.1 Å². The third-order valence-corrected chi connectivity index (χ3v) is 4.85. The molecule has 0 aliphatic heterocycles. The molecule has 0 atom stereocenters. The van der Waals surface area contributed by atoms with Crippen LogP contribution in [-0.2, 0) is 17.9 Å². The van der Waals surface area contributed by atoms with Crippen molar-refractivity contribution >= 4 is 28.5 Å². The Kier molecular flexibility index (Phi) is 7.12. The number of benzene rings is 2. The number of fused-ring (bicyclic) bond motifs is 1. The highest BCUT2D eigenvalue weighted by atomic mass is 16.2. The first-order valence-corrected chi connectivity index (χ1v) is 10.3. The largest absolute Gasteiger partial charge is 0.347 e. The van der Waals surface area contributed by atoms with E-state index in [2.05, 4.69) is 41.3 Å². The highest BCUT2D eigenvalue weighted by Crippen LogP contribution is 2.21. The van der Waals surface area contributed by atoms with E-state index in [4.69, 9.17) is 0 Å². The second kappa shape index (κ2) is 9.96. The van der Waals surface area contributed by atoms with Gasteiger partial charge in [-0.05, 0) is 35.7 Å². The maximum Gasteiger partial charge on any atom is 0.317 e. The average Bonchev–Trinajstić information content (AvgIpc) is 3.10. The maximum absolute atomic E-state index is 12.3. The molecule has 0 radical (unpaired) electrons. The summed E-state index contributed by atoms with van der Waals surface area (Å²) >= 11 is 0. The van der Waals surface area contributed by atoms with E-state index in [1.54, 1.807) is 11.9 Å². The van der Waals surface area contributed by atoms with Gasteiger partial charge in [-0.25, -0.2) is 4.79 Å². The Morgan fingerprint density at radius 1 is 1.07 bits per heavy atom. The fourth-order valence-corrected chi connectivity index (χ4v) is 3.40. The van der Waals surface area contributed by atoms with Crippen LogP contribution in [0.5, 0.6) is 0 Å². The van der Waals surface area contributed by atoms with Crippen LogP contribution in [0.2, 0.25) is 0 Å². The number of carbonyl (C=O) groups excluding carboxylic acids is 2. The number of amides is 3. The molecule has 2 aromatic carbocycles. The lowest BCUT2D eigenvalue weighted by molar-refractivity contribution is -0.116. The Bertz CT molecular complexity index is 995. The van der Waals surface area contributed by atoms with Crippen molar-refractivity contribution in [3.8, 4) is 0 Å². The molecule has 3 rings (SSSR count). The van der Waals surface area contributed by atoms with Crippen LogP contribution in [-0.4, -0.2) is 35.0 Å². The molecule has 0 fully saturated rings. The van der Waals surface area contributed by atoms with E-state index in [-0.39, 0.29) is 24.9 Å². The van der Waals surface area contributed by atoms with Crippen molar-refractivity contribution in [2.75, 3.05) is 18.9 Å². The normalized spacial score (nSPS) is 10.9. The molecule has 6 heteroatoms. The van der Waals surface area contributed by atoms with Crippen molar-refractivity contribution in [2.45, 2.75) is 33.4 Å². The number of hydrogen-bond donors (Lipinski definition) is 2. The summed E-state index contributed by atoms with van der Waals surface area (Å²) in [5, 5.41) is 6.81. The number of urea groups is 1. The number of nitrogens with zero attached hydrogens (tertiary/aromatic N) is 2. The molecule has 3 aromatic rings. The van der Waals surface area contributed by atoms with Gasteiger partial charge in [0.05, 0.1) is 0 Å². The van der Waals surface area contributed by atoms with Gasteiger partial charge in [0.2, 0.25) is 5.91 Å². The number of hydrogen-bond acceptors (Lipinski definition) is 2. The summed E-state index contributed by atoms with van der Waals surface area (Å²) in [4.78, 5) is 26.1. The van der Waals surface area contributed by atoms with Gasteiger partial charge in [0.15, 0.2) is 0 Å². The Labute approximate surface area is 177 Å². The van der Waals surface area contributed by atoms with Crippen molar-refractivity contribution in [1.82, 2.24) is 14.8 Å². The predicted molar refractivity (Wildman–Crippen MR) is 121 cm³/mol. The van der Waals surface area contributed by atoms with Gasteiger partial charge in [-0.2, -0.15) is 0 Å². The molecule has 0 unspecified atom stereocenters. The Morgan fingerprint density at radius 2 is 1.83 bits per heavy atom. The average molecular weight is 407 g/mol. The van der Waals surface area contributed by atoms with E-state index >= 15 is 0 Å². The smallest absolute Gasteiger partial charge is 0.317 e. The van der Waals surface area contributed by atoms with Crippen LogP contribution in [0.25, 0.3) is 10.9 Å². The summed E-state index contributed by atoms with van der Waals surface area (Å²) in [5.74, 6) is 0.448. The molecule has 1 heterocycles. The van der Waals surface area contributed by atoms with Gasteiger partial charge in [0, 0.05) is 55.9 Å². The minimum Gasteiger partial charge on any atom is -0.347 e. The summed E-state index contributed by atoms with van der Waals surface area (Å²) in [6.07, 6.45) is 2.30. The van der Waals surface area contributed by atoms with E-state index < -0.39 is 0 Å². The third-order valence-electron chi connectivity index (χ3n) is 4.85. The van der Waals surface area contributed by atoms with Gasteiger partial charge in [0.1, 0.15) is 0 Å². The summed E-state index contributed by atoms with van der Waals surface area (Å²) in [7, 11) is 1.74. The maximum atomic E-state index is 12.3. The van der Waals surface area contributed by atoms with Gasteiger partial charge >= 0.3 is 6.03 Å². The quantitative estimate of drug-likeness (QED) is 0.580. The fourth-order valence-electron chi connectivity index (χ4n) is 3.40. The minimum atomic E-state index is -0.195. The van der Waals surface area contributed by atoms with Crippen LogP contribution in [0.1, 0.15) is 25.8 Å². The van der Waals surface area contributed by atoms with Gasteiger partial charge in [-0.1, -0.05) is 44.2 Å². The highest BCUT2D eigenvalue weighted by molar-refractivity contribution is 5.94. The molecule has 30 heavy (non-hydrogen) atoms. The Morgan fingerprint density at radius 3 is 2.57 bits per heavy atom. The number of carbonyl (C=O) groups is 2. The summed E-state index contributed by atoms with van der Waals surface area (Å²) in [6.45, 7) is 6.16. The van der Waals surface area contributed by atoms with Crippen LogP contribution >= 0.6 is 0 Å². The molecule has 0 aliphatic carbocycles. The zero-order valence-corrected chi connectivity index (χ0v) is 17.9. The molecule has 0 bridgehead atoms. The predicted octanol–water partition coefficient (Wildman–Crippen LogP) is 4.47. The second-order valence-electron chi connectivity index (χ2n) is 8.01. The van der Waals surface area contributed by atoms with Crippen molar-refractivity contribution in [1.29, 1.82) is 0 Å². The number of aromatic nitrogens is 1. The number of rotatable bonds is 8. The van der Waals surface area contributed by atoms with Crippen molar-refractivity contribution in [3.05, 3.63) is 66.4 Å². The van der Waals surface area contributed by atoms with E-state index in [0.29, 0.717) is 12.5 Å². The van der Waals surface area contributed by atoms with Gasteiger partial charge in [-0.15, -0.1) is 0 Å². The van der Waals surface area contributed by atoms with Crippen molar-refractivity contribution in [2.24, 2.45) is 5.92 Å². The van der Waals surface area contributed by atoms with Crippen LogP contribution in [0, 0.1) is 5.92 Å². The third kappa shape index (κ3) is 5.86. The molecule has 0 spiro atoms. The Balaban J connectivity index is 1.45. The van der Waals surface area contributed by atoms with Crippen LogP contribution in [0.15, 0.2) is 60.8 Å². The van der Waals surface area contributed by atoms with E-state index in [1.807, 2.05) is 48.5 Å². The molecular formula is C24H30N4O2.